The van der Waals surface area contributed by atoms with Gasteiger partial charge in [-0.05, 0) is 81.5 Å². The van der Waals surface area contributed by atoms with E-state index >= 15 is 0 Å². The van der Waals surface area contributed by atoms with Crippen LogP contribution in [0.25, 0.3) is 0 Å². The minimum absolute atomic E-state index is 0.0932. The first kappa shape index (κ1) is 22.3. The number of amides is 1. The van der Waals surface area contributed by atoms with Gasteiger partial charge in [0.1, 0.15) is 5.75 Å². The smallest absolute Gasteiger partial charge is 0.240 e. The predicted octanol–water partition coefficient (Wildman–Crippen LogP) is 3.82. The van der Waals surface area contributed by atoms with Gasteiger partial charge in [-0.2, -0.15) is 0 Å². The van der Waals surface area contributed by atoms with Gasteiger partial charge in [0.05, 0.1) is 11.0 Å². The fourth-order valence-corrected chi connectivity index (χ4v) is 4.75. The molecule has 6 nitrogen and oxygen atoms in total. The fourth-order valence-electron chi connectivity index (χ4n) is 3.59. The molecular weight excluding hydrogens is 400 g/mol. The zero-order valence-electron chi connectivity index (χ0n) is 17.8. The second-order valence-corrected chi connectivity index (χ2v) is 9.68. The molecular formula is C23H30N2O4S. The number of nitrogens with one attached hydrogen (secondary N) is 1. The van der Waals surface area contributed by atoms with Crippen LogP contribution >= 0.6 is 0 Å². The van der Waals surface area contributed by atoms with Crippen molar-refractivity contribution in [2.45, 2.75) is 57.5 Å². The van der Waals surface area contributed by atoms with Gasteiger partial charge in [-0.1, -0.05) is 12.1 Å². The topological polar surface area (TPSA) is 75.7 Å². The second kappa shape index (κ2) is 9.62. The number of benzene rings is 2. The molecule has 0 atom stereocenters. The summed E-state index contributed by atoms with van der Waals surface area (Å²) in [5.74, 6) is 0.930. The van der Waals surface area contributed by atoms with E-state index in [9.17, 15) is 13.2 Å². The molecule has 0 spiro atoms. The number of hydrogen-bond acceptors (Lipinski definition) is 4. The third-order valence-corrected chi connectivity index (χ3v) is 6.53. The molecule has 3 rings (SSSR count). The summed E-state index contributed by atoms with van der Waals surface area (Å²) in [4.78, 5) is 13.9. The third kappa shape index (κ3) is 5.61. The van der Waals surface area contributed by atoms with Crippen molar-refractivity contribution in [1.29, 1.82) is 0 Å². The van der Waals surface area contributed by atoms with Crippen LogP contribution in [0.2, 0.25) is 0 Å². The molecule has 162 valence electrons. The lowest BCUT2D eigenvalue weighted by atomic mass is 10.1. The number of hydrogen-bond donors (Lipinski definition) is 1. The van der Waals surface area contributed by atoms with Crippen LogP contribution in [-0.2, 0) is 21.2 Å². The van der Waals surface area contributed by atoms with Crippen LogP contribution < -0.4 is 14.4 Å². The lowest BCUT2D eigenvalue weighted by Gasteiger charge is -2.19. The molecule has 1 aliphatic rings. The highest BCUT2D eigenvalue weighted by Crippen LogP contribution is 2.27. The van der Waals surface area contributed by atoms with E-state index in [1.165, 1.54) is 0 Å². The van der Waals surface area contributed by atoms with Crippen molar-refractivity contribution in [3.63, 3.8) is 0 Å². The van der Waals surface area contributed by atoms with Crippen molar-refractivity contribution in [1.82, 2.24) is 4.72 Å². The summed E-state index contributed by atoms with van der Waals surface area (Å²) in [7, 11) is -3.58. The second-order valence-electron chi connectivity index (χ2n) is 7.91. The maximum atomic E-state index is 12.6. The molecule has 1 amide bonds. The lowest BCUT2D eigenvalue weighted by molar-refractivity contribution is -0.117. The van der Waals surface area contributed by atoms with Gasteiger partial charge >= 0.3 is 0 Å². The number of sulfonamides is 1. The largest absolute Gasteiger partial charge is 0.491 e. The fraction of sp³-hybridized carbons (Fsp3) is 0.435. The minimum atomic E-state index is -3.58. The average Bonchev–Trinajstić information content (AvgIpc) is 3.11. The number of aryl methyl sites for hydroxylation is 2. The predicted molar refractivity (Wildman–Crippen MR) is 118 cm³/mol. The molecule has 1 N–H and O–H groups in total. The van der Waals surface area contributed by atoms with Crippen molar-refractivity contribution in [2.24, 2.45) is 0 Å². The van der Waals surface area contributed by atoms with Crippen molar-refractivity contribution in [3.05, 3.63) is 53.6 Å². The van der Waals surface area contributed by atoms with Crippen molar-refractivity contribution >= 4 is 21.6 Å². The molecule has 1 saturated heterocycles. The van der Waals surface area contributed by atoms with Gasteiger partial charge in [0.15, 0.2) is 0 Å². The highest BCUT2D eigenvalue weighted by Gasteiger charge is 2.24. The first-order chi connectivity index (χ1) is 14.3. The Hall–Kier alpha value is -2.38. The number of ether oxygens (including phenoxy) is 1. The highest BCUT2D eigenvalue weighted by molar-refractivity contribution is 7.89. The van der Waals surface area contributed by atoms with E-state index < -0.39 is 10.0 Å². The molecule has 0 aliphatic carbocycles. The summed E-state index contributed by atoms with van der Waals surface area (Å²) < 4.78 is 33.6. The van der Waals surface area contributed by atoms with Gasteiger partial charge in [0.25, 0.3) is 0 Å². The zero-order valence-corrected chi connectivity index (χ0v) is 18.7. The Balaban J connectivity index is 1.54. The SMILES string of the molecule is Cc1cc(S(=O)(=O)NCCCc2ccc(OC(C)C)cc2)ccc1N1CCCC1=O. The first-order valence-corrected chi connectivity index (χ1v) is 11.9. The summed E-state index contributed by atoms with van der Waals surface area (Å²) >= 11 is 0. The molecule has 1 heterocycles. The van der Waals surface area contributed by atoms with Gasteiger partial charge in [0.2, 0.25) is 15.9 Å². The van der Waals surface area contributed by atoms with Crippen LogP contribution in [0.5, 0.6) is 5.75 Å². The molecule has 1 aliphatic heterocycles. The molecule has 2 aromatic rings. The lowest BCUT2D eigenvalue weighted by Crippen LogP contribution is -2.26. The van der Waals surface area contributed by atoms with Gasteiger partial charge < -0.3 is 9.64 Å². The summed E-state index contributed by atoms with van der Waals surface area (Å²) in [6, 6.07) is 12.8. The molecule has 1 fully saturated rings. The Morgan fingerprint density at radius 2 is 1.87 bits per heavy atom. The van der Waals surface area contributed by atoms with Gasteiger partial charge in [-0.15, -0.1) is 0 Å². The number of nitrogens with zero attached hydrogens (tertiary/aromatic N) is 1. The van der Waals surface area contributed by atoms with E-state index in [4.69, 9.17) is 4.74 Å². The minimum Gasteiger partial charge on any atom is -0.491 e. The number of carbonyl (C=O) groups is 1. The molecule has 0 saturated carbocycles. The van der Waals surface area contributed by atoms with Crippen LogP contribution in [0.4, 0.5) is 5.69 Å². The van der Waals surface area contributed by atoms with Gasteiger partial charge in [-0.25, -0.2) is 13.1 Å². The standard InChI is InChI=1S/C23H30N2O4S/c1-17(2)29-20-10-8-19(9-11-20)6-4-14-24-30(27,28)21-12-13-22(18(3)16-21)25-15-5-7-23(25)26/h8-13,16-17,24H,4-7,14-15H2,1-3H3. The molecule has 0 aromatic heterocycles. The Morgan fingerprint density at radius 1 is 1.13 bits per heavy atom. The maximum Gasteiger partial charge on any atom is 0.240 e. The molecule has 0 bridgehead atoms. The van der Waals surface area contributed by atoms with E-state index in [1.54, 1.807) is 23.1 Å². The van der Waals surface area contributed by atoms with E-state index in [1.807, 2.05) is 45.0 Å². The monoisotopic (exact) mass is 430 g/mol. The Morgan fingerprint density at radius 3 is 2.47 bits per heavy atom. The quantitative estimate of drug-likeness (QED) is 0.614. The maximum absolute atomic E-state index is 12.6. The van der Waals surface area contributed by atoms with Crippen LogP contribution in [0, 0.1) is 6.92 Å². The molecule has 7 heteroatoms. The van der Waals surface area contributed by atoms with Crippen LogP contribution in [0.15, 0.2) is 47.4 Å². The average molecular weight is 431 g/mol. The van der Waals surface area contributed by atoms with Crippen molar-refractivity contribution < 1.29 is 17.9 Å². The Kier molecular flexibility index (Phi) is 7.15. The van der Waals surface area contributed by atoms with E-state index in [0.717, 1.165) is 35.4 Å². The summed E-state index contributed by atoms with van der Waals surface area (Å²) in [6.07, 6.45) is 3.00. The summed E-state index contributed by atoms with van der Waals surface area (Å²) in [6.45, 7) is 6.86. The van der Waals surface area contributed by atoms with E-state index in [2.05, 4.69) is 4.72 Å². The summed E-state index contributed by atoms with van der Waals surface area (Å²) in [5, 5.41) is 0. The van der Waals surface area contributed by atoms with E-state index in [-0.39, 0.29) is 16.9 Å². The Labute approximate surface area is 179 Å². The first-order valence-electron chi connectivity index (χ1n) is 10.4. The van der Waals surface area contributed by atoms with Crippen LogP contribution in [0.3, 0.4) is 0 Å². The number of carbonyl (C=O) groups excluding carboxylic acids is 1. The van der Waals surface area contributed by atoms with Crippen LogP contribution in [0.1, 0.15) is 44.2 Å². The number of rotatable bonds is 9. The summed E-state index contributed by atoms with van der Waals surface area (Å²) in [5.41, 5.74) is 2.72. The number of anilines is 1. The zero-order chi connectivity index (χ0) is 21.7. The highest BCUT2D eigenvalue weighted by atomic mass is 32.2. The van der Waals surface area contributed by atoms with Gasteiger partial charge in [-0.3, -0.25) is 4.79 Å². The Bertz CT molecular complexity index is 985. The molecule has 30 heavy (non-hydrogen) atoms. The van der Waals surface area contributed by atoms with Crippen LogP contribution in [-0.4, -0.2) is 33.5 Å². The van der Waals surface area contributed by atoms with E-state index in [0.29, 0.717) is 25.9 Å². The third-order valence-electron chi connectivity index (χ3n) is 5.07. The van der Waals surface area contributed by atoms with Gasteiger partial charge in [0, 0.05) is 25.2 Å². The molecule has 0 radical (unpaired) electrons. The molecule has 2 aromatic carbocycles. The molecule has 0 unspecified atom stereocenters. The normalized spacial score (nSPS) is 14.5. The van der Waals surface area contributed by atoms with Crippen molar-refractivity contribution in [3.8, 4) is 5.75 Å². The van der Waals surface area contributed by atoms with Crippen molar-refractivity contribution in [2.75, 3.05) is 18.0 Å².